The maximum atomic E-state index is 5.48. The van der Waals surface area contributed by atoms with Crippen LogP contribution in [-0.2, 0) is 24.5 Å². The summed E-state index contributed by atoms with van der Waals surface area (Å²) in [5.74, 6) is 0.905. The topological polar surface area (TPSA) is 49.4 Å². The van der Waals surface area contributed by atoms with Gasteiger partial charge in [0.15, 0.2) is 16.8 Å². The molecule has 0 aliphatic rings. The molecule has 24 heavy (non-hydrogen) atoms. The number of ether oxygens (including phenoxy) is 1. The van der Waals surface area contributed by atoms with Crippen LogP contribution >= 0.6 is 16.8 Å². The van der Waals surface area contributed by atoms with Crippen molar-refractivity contribution in [1.29, 1.82) is 0 Å². The summed E-state index contributed by atoms with van der Waals surface area (Å²) in [5.41, 5.74) is 1.27. The zero-order chi connectivity index (χ0) is 17.8. The van der Waals surface area contributed by atoms with Crippen LogP contribution in [-0.4, -0.2) is 59.1 Å². The van der Waals surface area contributed by atoms with Gasteiger partial charge in [-0.3, -0.25) is 4.90 Å². The highest BCUT2D eigenvalue weighted by Crippen LogP contribution is 2.41. The highest BCUT2D eigenvalue weighted by molar-refractivity contribution is 7.48. The molecule has 0 radical (unpaired) electrons. The minimum Gasteiger partial charge on any atom is -0.494 e. The van der Waals surface area contributed by atoms with Crippen molar-refractivity contribution in [3.63, 3.8) is 0 Å². The van der Waals surface area contributed by atoms with Crippen LogP contribution in [0.15, 0.2) is 24.3 Å². The molecule has 0 heterocycles. The lowest BCUT2D eigenvalue weighted by molar-refractivity contribution is 0.275. The lowest BCUT2D eigenvalue weighted by Crippen LogP contribution is -2.27. The Labute approximate surface area is 148 Å². The molecule has 0 bridgehead atoms. The lowest BCUT2D eigenvalue weighted by Gasteiger charge is -2.27. The lowest BCUT2D eigenvalue weighted by atomic mass is 10.1. The molecule has 1 aromatic rings. The minimum absolute atomic E-state index is 0.683. The molecule has 0 aromatic heterocycles. The van der Waals surface area contributed by atoms with E-state index in [1.54, 1.807) is 28.4 Å². The first-order chi connectivity index (χ1) is 11.7. The van der Waals surface area contributed by atoms with E-state index in [1.165, 1.54) is 5.56 Å². The molecule has 0 atom stereocenters. The molecule has 0 spiro atoms. The monoisotopic (exact) mass is 377 g/mol. The van der Waals surface area contributed by atoms with Gasteiger partial charge < -0.3 is 22.8 Å². The third-order valence-electron chi connectivity index (χ3n) is 3.40. The molecule has 0 fully saturated rings. The van der Waals surface area contributed by atoms with E-state index in [2.05, 4.69) is 17.0 Å². The van der Waals surface area contributed by atoms with Crippen molar-refractivity contribution in [1.82, 2.24) is 4.90 Å². The van der Waals surface area contributed by atoms with Gasteiger partial charge in [-0.2, -0.15) is 0 Å². The fourth-order valence-electron chi connectivity index (χ4n) is 2.10. The number of rotatable bonds is 13. The van der Waals surface area contributed by atoms with Crippen LogP contribution in [0.4, 0.5) is 0 Å². The molecule has 6 nitrogen and oxygen atoms in total. The smallest absolute Gasteiger partial charge is 0.185 e. The standard InChI is InChI=1S/C16H29NO5P2/c1-6-22-16-9-7-15(8-10-16)11-12-17(13-23(18-2)19-3)14-24(20-4)21-5/h7-10H,6,11-14H2,1-5H3. The molecular formula is C16H29NO5P2. The van der Waals surface area contributed by atoms with Crippen LogP contribution in [0, 0.1) is 0 Å². The van der Waals surface area contributed by atoms with Gasteiger partial charge in [0.05, 0.1) is 19.2 Å². The Morgan fingerprint density at radius 3 is 1.75 bits per heavy atom. The Hall–Kier alpha value is -0.320. The fourth-order valence-corrected chi connectivity index (χ4v) is 4.15. The van der Waals surface area contributed by atoms with Gasteiger partial charge in [-0.05, 0) is 31.0 Å². The SMILES string of the molecule is CCOc1ccc(CCN(CP(OC)OC)CP(OC)OC)cc1. The summed E-state index contributed by atoms with van der Waals surface area (Å²) in [6.07, 6.45) is 2.38. The van der Waals surface area contributed by atoms with Crippen molar-refractivity contribution in [2.24, 2.45) is 0 Å². The van der Waals surface area contributed by atoms with Crippen LogP contribution < -0.4 is 4.74 Å². The second kappa shape index (κ2) is 13.0. The quantitative estimate of drug-likeness (QED) is 0.484. The van der Waals surface area contributed by atoms with Gasteiger partial charge in [0.2, 0.25) is 0 Å². The summed E-state index contributed by atoms with van der Waals surface area (Å²) in [6, 6.07) is 8.23. The second-order valence-corrected chi connectivity index (χ2v) is 8.26. The molecule has 8 heteroatoms. The van der Waals surface area contributed by atoms with Crippen molar-refractivity contribution >= 4 is 16.8 Å². The average molecular weight is 377 g/mol. The van der Waals surface area contributed by atoms with Crippen molar-refractivity contribution in [2.45, 2.75) is 13.3 Å². The summed E-state index contributed by atoms with van der Waals surface area (Å²) >= 11 is 0. The summed E-state index contributed by atoms with van der Waals surface area (Å²) in [5, 5.41) is 0. The molecule has 0 amide bonds. The average Bonchev–Trinajstić information content (AvgIpc) is 2.62. The van der Waals surface area contributed by atoms with Gasteiger partial charge >= 0.3 is 0 Å². The van der Waals surface area contributed by atoms with Crippen LogP contribution in [0.2, 0.25) is 0 Å². The van der Waals surface area contributed by atoms with E-state index in [0.29, 0.717) is 6.61 Å². The first-order valence-corrected chi connectivity index (χ1v) is 10.5. The number of nitrogens with zero attached hydrogens (tertiary/aromatic N) is 1. The molecule has 0 aliphatic carbocycles. The van der Waals surface area contributed by atoms with Gasteiger partial charge in [0.1, 0.15) is 5.75 Å². The molecule has 0 unspecified atom stereocenters. The minimum atomic E-state index is -0.922. The Balaban J connectivity index is 2.61. The van der Waals surface area contributed by atoms with Gasteiger partial charge in [-0.25, -0.2) is 0 Å². The molecule has 0 saturated carbocycles. The third-order valence-corrected chi connectivity index (χ3v) is 6.29. The predicted octanol–water partition coefficient (Wildman–Crippen LogP) is 4.05. The molecular weight excluding hydrogens is 348 g/mol. The summed E-state index contributed by atoms with van der Waals surface area (Å²) in [4.78, 5) is 2.27. The number of hydrogen-bond donors (Lipinski definition) is 0. The van der Waals surface area contributed by atoms with Gasteiger partial charge in [0.25, 0.3) is 0 Å². The van der Waals surface area contributed by atoms with E-state index >= 15 is 0 Å². The molecule has 0 N–H and O–H groups in total. The number of benzene rings is 1. The van der Waals surface area contributed by atoms with Crippen molar-refractivity contribution in [2.75, 3.05) is 54.2 Å². The maximum Gasteiger partial charge on any atom is 0.185 e. The van der Waals surface area contributed by atoms with Crippen molar-refractivity contribution in [3.05, 3.63) is 29.8 Å². The zero-order valence-electron chi connectivity index (χ0n) is 15.2. The maximum absolute atomic E-state index is 5.48. The zero-order valence-corrected chi connectivity index (χ0v) is 17.0. The predicted molar refractivity (Wildman–Crippen MR) is 99.6 cm³/mol. The van der Waals surface area contributed by atoms with Crippen LogP contribution in [0.3, 0.4) is 0 Å². The summed E-state index contributed by atoms with van der Waals surface area (Å²) < 4.78 is 27.0. The molecule has 0 saturated heterocycles. The van der Waals surface area contributed by atoms with Crippen LogP contribution in [0.5, 0.6) is 5.75 Å². The third kappa shape index (κ3) is 8.17. The Morgan fingerprint density at radius 1 is 0.833 bits per heavy atom. The van der Waals surface area contributed by atoms with E-state index in [4.69, 9.17) is 22.8 Å². The molecule has 1 rings (SSSR count). The summed E-state index contributed by atoms with van der Waals surface area (Å²) in [7, 11) is 4.86. The van der Waals surface area contributed by atoms with E-state index < -0.39 is 16.8 Å². The molecule has 0 aliphatic heterocycles. The van der Waals surface area contributed by atoms with Gasteiger partial charge in [0, 0.05) is 35.0 Å². The van der Waals surface area contributed by atoms with Crippen LogP contribution in [0.25, 0.3) is 0 Å². The second-order valence-electron chi connectivity index (χ2n) is 4.90. The number of hydrogen-bond acceptors (Lipinski definition) is 6. The van der Waals surface area contributed by atoms with E-state index in [-0.39, 0.29) is 0 Å². The molecule has 138 valence electrons. The van der Waals surface area contributed by atoms with E-state index in [1.807, 2.05) is 19.1 Å². The summed E-state index contributed by atoms with van der Waals surface area (Å²) in [6.45, 7) is 3.55. The molecule has 1 aromatic carbocycles. The van der Waals surface area contributed by atoms with E-state index in [0.717, 1.165) is 31.3 Å². The normalized spacial score (nSPS) is 11.7. The highest BCUT2D eigenvalue weighted by Gasteiger charge is 2.19. The first-order valence-electron chi connectivity index (χ1n) is 7.82. The highest BCUT2D eigenvalue weighted by atomic mass is 31.2. The van der Waals surface area contributed by atoms with Crippen molar-refractivity contribution in [3.8, 4) is 5.75 Å². The Kier molecular flexibility index (Phi) is 11.7. The van der Waals surface area contributed by atoms with E-state index in [9.17, 15) is 0 Å². The first kappa shape index (κ1) is 21.7. The Bertz CT molecular complexity index is 413. The van der Waals surface area contributed by atoms with Gasteiger partial charge in [-0.1, -0.05) is 12.1 Å². The van der Waals surface area contributed by atoms with Gasteiger partial charge in [-0.15, -0.1) is 0 Å². The Morgan fingerprint density at radius 2 is 1.33 bits per heavy atom. The van der Waals surface area contributed by atoms with Crippen molar-refractivity contribution < 1.29 is 22.8 Å². The fraction of sp³-hybridized carbons (Fsp3) is 0.625. The largest absolute Gasteiger partial charge is 0.494 e. The van der Waals surface area contributed by atoms with Crippen LogP contribution in [0.1, 0.15) is 12.5 Å².